The van der Waals surface area contributed by atoms with Crippen molar-refractivity contribution in [1.82, 2.24) is 24.5 Å². The molecular formula is C18H17N5O4S2. The lowest BCUT2D eigenvalue weighted by Crippen LogP contribution is -2.27. The third-order valence-corrected chi connectivity index (χ3v) is 6.83. The summed E-state index contributed by atoms with van der Waals surface area (Å²) in [6, 6.07) is 14.0. The predicted molar refractivity (Wildman–Crippen MR) is 108 cm³/mol. The monoisotopic (exact) mass is 431 g/mol. The fourth-order valence-corrected chi connectivity index (χ4v) is 4.66. The zero-order chi connectivity index (χ0) is 20.3. The van der Waals surface area contributed by atoms with Gasteiger partial charge in [0.15, 0.2) is 11.5 Å². The summed E-state index contributed by atoms with van der Waals surface area (Å²) in [5.74, 6) is 1.57. The number of rotatable bonds is 8. The molecule has 29 heavy (non-hydrogen) atoms. The number of ether oxygens (including phenoxy) is 2. The van der Waals surface area contributed by atoms with Crippen LogP contribution in [0.5, 0.6) is 11.6 Å². The number of sulfonamides is 1. The fraction of sp³-hybridized carbons (Fsp3) is 0.167. The third-order valence-electron chi connectivity index (χ3n) is 3.97. The Labute approximate surface area is 171 Å². The fourth-order valence-electron chi connectivity index (χ4n) is 2.61. The van der Waals surface area contributed by atoms with Crippen molar-refractivity contribution in [1.29, 1.82) is 0 Å². The molecule has 0 saturated heterocycles. The highest BCUT2D eigenvalue weighted by Crippen LogP contribution is 2.23. The van der Waals surface area contributed by atoms with Crippen LogP contribution in [-0.4, -0.2) is 48.5 Å². The molecule has 0 unspecified atom stereocenters. The van der Waals surface area contributed by atoms with Crippen LogP contribution < -0.4 is 14.2 Å². The number of hydrogen-bond acceptors (Lipinski definition) is 8. The molecule has 150 valence electrons. The van der Waals surface area contributed by atoms with Gasteiger partial charge in [0.2, 0.25) is 15.9 Å². The molecule has 0 radical (unpaired) electrons. The van der Waals surface area contributed by atoms with Gasteiger partial charge in [-0.3, -0.25) is 0 Å². The minimum atomic E-state index is -3.52. The van der Waals surface area contributed by atoms with Crippen LogP contribution in [0.2, 0.25) is 0 Å². The van der Waals surface area contributed by atoms with Crippen LogP contribution in [0.3, 0.4) is 0 Å². The predicted octanol–water partition coefficient (Wildman–Crippen LogP) is 2.22. The Kier molecular flexibility index (Phi) is 5.43. The lowest BCUT2D eigenvalue weighted by Gasteiger charge is -2.07. The summed E-state index contributed by atoms with van der Waals surface area (Å²) in [5.41, 5.74) is 1.36. The van der Waals surface area contributed by atoms with Crippen LogP contribution in [0.15, 0.2) is 58.1 Å². The van der Waals surface area contributed by atoms with Crippen molar-refractivity contribution >= 4 is 27.0 Å². The highest BCUT2D eigenvalue weighted by molar-refractivity contribution is 7.91. The smallest absolute Gasteiger partial charge is 0.250 e. The van der Waals surface area contributed by atoms with Crippen molar-refractivity contribution in [2.75, 3.05) is 20.3 Å². The van der Waals surface area contributed by atoms with Crippen LogP contribution >= 0.6 is 11.3 Å². The Morgan fingerprint density at radius 2 is 2.03 bits per heavy atom. The number of benzene rings is 1. The van der Waals surface area contributed by atoms with E-state index >= 15 is 0 Å². The highest BCUT2D eigenvalue weighted by atomic mass is 32.2. The van der Waals surface area contributed by atoms with Crippen LogP contribution in [0.25, 0.3) is 17.0 Å². The normalized spacial score (nSPS) is 11.6. The van der Waals surface area contributed by atoms with Gasteiger partial charge < -0.3 is 9.47 Å². The topological polar surface area (TPSA) is 108 Å². The van der Waals surface area contributed by atoms with Crippen molar-refractivity contribution < 1.29 is 17.9 Å². The summed E-state index contributed by atoms with van der Waals surface area (Å²) in [4.78, 5) is 0. The van der Waals surface area contributed by atoms with Crippen LogP contribution in [0.1, 0.15) is 0 Å². The van der Waals surface area contributed by atoms with Crippen molar-refractivity contribution in [3.8, 4) is 23.0 Å². The van der Waals surface area contributed by atoms with E-state index in [1.165, 1.54) is 0 Å². The number of thiophene rings is 1. The van der Waals surface area contributed by atoms with Gasteiger partial charge in [-0.05, 0) is 29.6 Å². The molecule has 0 aliphatic carbocycles. The third kappa shape index (κ3) is 4.21. The molecule has 9 nitrogen and oxygen atoms in total. The molecule has 0 spiro atoms. The van der Waals surface area contributed by atoms with E-state index in [0.717, 1.165) is 16.9 Å². The Morgan fingerprint density at radius 3 is 2.83 bits per heavy atom. The first-order valence-corrected chi connectivity index (χ1v) is 11.0. The zero-order valence-electron chi connectivity index (χ0n) is 15.3. The minimum absolute atomic E-state index is 0.116. The van der Waals surface area contributed by atoms with Gasteiger partial charge in [-0.1, -0.05) is 18.2 Å². The van der Waals surface area contributed by atoms with Crippen LogP contribution in [0, 0.1) is 0 Å². The lowest BCUT2D eigenvalue weighted by molar-refractivity contribution is 0.306. The van der Waals surface area contributed by atoms with E-state index in [1.54, 1.807) is 41.3 Å². The van der Waals surface area contributed by atoms with Gasteiger partial charge in [0, 0.05) is 18.2 Å². The second-order valence-corrected chi connectivity index (χ2v) is 8.82. The summed E-state index contributed by atoms with van der Waals surface area (Å²) in [5, 5.41) is 14.4. The average Bonchev–Trinajstić information content (AvgIpc) is 3.41. The second kappa shape index (κ2) is 8.15. The van der Waals surface area contributed by atoms with E-state index in [1.807, 2.05) is 24.3 Å². The van der Waals surface area contributed by atoms with Gasteiger partial charge in [0.25, 0.3) is 0 Å². The summed E-state index contributed by atoms with van der Waals surface area (Å²) >= 11 is 1.16. The van der Waals surface area contributed by atoms with Gasteiger partial charge in [0.1, 0.15) is 16.6 Å². The van der Waals surface area contributed by atoms with Crippen LogP contribution in [-0.2, 0) is 10.0 Å². The number of methoxy groups -OCH3 is 1. The van der Waals surface area contributed by atoms with Crippen molar-refractivity contribution in [2.24, 2.45) is 0 Å². The highest BCUT2D eigenvalue weighted by Gasteiger charge is 2.15. The first kappa shape index (κ1) is 19.3. The number of fused-ring (bicyclic) bond motifs is 1. The Morgan fingerprint density at radius 1 is 1.14 bits per heavy atom. The molecular weight excluding hydrogens is 414 g/mol. The summed E-state index contributed by atoms with van der Waals surface area (Å²) in [6.07, 6.45) is 0. The SMILES string of the molecule is COc1cccc(-c2nnc3ccc(OCCNS(=O)(=O)c4cccs4)nn23)c1. The maximum absolute atomic E-state index is 12.1. The molecule has 0 atom stereocenters. The van der Waals surface area contributed by atoms with Gasteiger partial charge in [-0.2, -0.15) is 4.52 Å². The van der Waals surface area contributed by atoms with Gasteiger partial charge >= 0.3 is 0 Å². The van der Waals surface area contributed by atoms with Crippen molar-refractivity contribution in [3.63, 3.8) is 0 Å². The number of aromatic nitrogens is 4. The first-order chi connectivity index (χ1) is 14.1. The largest absolute Gasteiger partial charge is 0.497 e. The number of nitrogens with zero attached hydrogens (tertiary/aromatic N) is 4. The van der Waals surface area contributed by atoms with Crippen LogP contribution in [0.4, 0.5) is 0 Å². The molecule has 11 heteroatoms. The van der Waals surface area contributed by atoms with Gasteiger partial charge in [-0.25, -0.2) is 13.1 Å². The van der Waals surface area contributed by atoms with E-state index < -0.39 is 10.0 Å². The molecule has 1 N–H and O–H groups in total. The average molecular weight is 431 g/mol. The summed E-state index contributed by atoms with van der Waals surface area (Å²) < 4.78 is 39.4. The van der Waals surface area contributed by atoms with E-state index in [9.17, 15) is 8.42 Å². The molecule has 3 heterocycles. The summed E-state index contributed by atoms with van der Waals surface area (Å²) in [6.45, 7) is 0.241. The lowest BCUT2D eigenvalue weighted by atomic mass is 10.2. The molecule has 1 aromatic carbocycles. The van der Waals surface area contributed by atoms with E-state index in [-0.39, 0.29) is 17.4 Å². The molecule has 0 aliphatic rings. The second-order valence-electron chi connectivity index (χ2n) is 5.88. The maximum atomic E-state index is 12.1. The Balaban J connectivity index is 1.46. The quantitative estimate of drug-likeness (QED) is 0.426. The number of hydrogen-bond donors (Lipinski definition) is 1. The maximum Gasteiger partial charge on any atom is 0.250 e. The standard InChI is InChI=1S/C18H17N5O4S2/c1-26-14-5-2-4-13(12-14)18-21-20-15-7-8-16(22-23(15)18)27-10-9-19-29(24,25)17-6-3-11-28-17/h2-8,11-12,19H,9-10H2,1H3. The Hall–Kier alpha value is -3.02. The molecule has 0 bridgehead atoms. The first-order valence-electron chi connectivity index (χ1n) is 8.60. The number of nitrogens with one attached hydrogen (secondary N) is 1. The molecule has 3 aromatic heterocycles. The van der Waals surface area contributed by atoms with Gasteiger partial charge in [0.05, 0.1) is 7.11 Å². The van der Waals surface area contributed by atoms with E-state index in [0.29, 0.717) is 23.1 Å². The van der Waals surface area contributed by atoms with Gasteiger partial charge in [-0.15, -0.1) is 26.6 Å². The Bertz CT molecular complexity index is 1220. The molecule has 0 aliphatic heterocycles. The summed E-state index contributed by atoms with van der Waals surface area (Å²) in [7, 11) is -1.92. The van der Waals surface area contributed by atoms with Crippen molar-refractivity contribution in [2.45, 2.75) is 4.21 Å². The molecule has 4 aromatic rings. The zero-order valence-corrected chi connectivity index (χ0v) is 17.0. The van der Waals surface area contributed by atoms with E-state index in [4.69, 9.17) is 9.47 Å². The van der Waals surface area contributed by atoms with Crippen molar-refractivity contribution in [3.05, 3.63) is 53.9 Å². The molecule has 0 saturated carbocycles. The molecule has 0 amide bonds. The van der Waals surface area contributed by atoms with E-state index in [2.05, 4.69) is 20.0 Å². The molecule has 0 fully saturated rings. The molecule has 4 rings (SSSR count). The minimum Gasteiger partial charge on any atom is -0.497 e.